The predicted molar refractivity (Wildman–Crippen MR) is 63.1 cm³/mol. The summed E-state index contributed by atoms with van der Waals surface area (Å²) in [6.45, 7) is 3.68. The Morgan fingerprint density at radius 2 is 1.80 bits per heavy atom. The van der Waals surface area contributed by atoms with Crippen LogP contribution < -0.4 is 11.6 Å². The SMILES string of the molecule is Cc1cccc(C)c1C(=O)N(N)C(N)=S. The average Bonchev–Trinajstić information content (AvgIpc) is 2.15. The van der Waals surface area contributed by atoms with E-state index in [0.29, 0.717) is 5.56 Å². The molecule has 1 aromatic rings. The van der Waals surface area contributed by atoms with Crippen LogP contribution in [0, 0.1) is 13.8 Å². The van der Waals surface area contributed by atoms with E-state index in [0.717, 1.165) is 16.1 Å². The van der Waals surface area contributed by atoms with Crippen LogP contribution in [-0.2, 0) is 0 Å². The van der Waals surface area contributed by atoms with Gasteiger partial charge in [0.05, 0.1) is 0 Å². The summed E-state index contributed by atoms with van der Waals surface area (Å²) in [4.78, 5) is 11.9. The van der Waals surface area contributed by atoms with Gasteiger partial charge < -0.3 is 5.73 Å². The van der Waals surface area contributed by atoms with Gasteiger partial charge in [-0.2, -0.15) is 0 Å². The first-order valence-electron chi connectivity index (χ1n) is 4.40. The smallest absolute Gasteiger partial charge is 0.274 e. The number of benzene rings is 1. The number of amides is 1. The maximum Gasteiger partial charge on any atom is 0.274 e. The van der Waals surface area contributed by atoms with E-state index in [1.807, 2.05) is 32.0 Å². The van der Waals surface area contributed by atoms with E-state index in [-0.39, 0.29) is 11.0 Å². The molecule has 0 spiro atoms. The van der Waals surface area contributed by atoms with Gasteiger partial charge in [0.2, 0.25) is 0 Å². The zero-order valence-electron chi connectivity index (χ0n) is 8.65. The van der Waals surface area contributed by atoms with Gasteiger partial charge in [0.1, 0.15) is 0 Å². The molecule has 0 heterocycles. The van der Waals surface area contributed by atoms with E-state index in [1.54, 1.807) is 0 Å². The maximum absolute atomic E-state index is 11.9. The number of nitrogens with zero attached hydrogens (tertiary/aromatic N) is 1. The van der Waals surface area contributed by atoms with Gasteiger partial charge in [-0.15, -0.1) is 0 Å². The summed E-state index contributed by atoms with van der Waals surface area (Å²) in [7, 11) is 0. The first kappa shape index (κ1) is 11.6. The lowest BCUT2D eigenvalue weighted by Crippen LogP contribution is -2.46. The standard InChI is InChI=1S/C10H13N3OS/c1-6-4-3-5-7(2)8(6)9(14)13(12)10(11)15/h3-5H,12H2,1-2H3,(H2,11,15). The Morgan fingerprint density at radius 1 is 1.33 bits per heavy atom. The number of hydrogen-bond donors (Lipinski definition) is 2. The highest BCUT2D eigenvalue weighted by atomic mass is 32.1. The first-order chi connectivity index (χ1) is 6.95. The second kappa shape index (κ2) is 4.37. The molecule has 80 valence electrons. The summed E-state index contributed by atoms with van der Waals surface area (Å²) in [5, 5.41) is 0.646. The fraction of sp³-hybridized carbons (Fsp3) is 0.200. The predicted octanol–water partition coefficient (Wildman–Crippen LogP) is 0.863. The minimum absolute atomic E-state index is 0.136. The Kier molecular flexibility index (Phi) is 3.39. The molecular formula is C10H13N3OS. The molecular weight excluding hydrogens is 210 g/mol. The average molecular weight is 223 g/mol. The summed E-state index contributed by atoms with van der Waals surface area (Å²) in [6, 6.07) is 5.56. The van der Waals surface area contributed by atoms with Gasteiger partial charge in [0.25, 0.3) is 5.91 Å². The van der Waals surface area contributed by atoms with Crippen molar-refractivity contribution in [2.45, 2.75) is 13.8 Å². The Labute approximate surface area is 93.8 Å². The lowest BCUT2D eigenvalue weighted by atomic mass is 10.0. The van der Waals surface area contributed by atoms with Crippen LogP contribution in [0.25, 0.3) is 0 Å². The van der Waals surface area contributed by atoms with Gasteiger partial charge in [0, 0.05) is 5.56 Å². The van der Waals surface area contributed by atoms with Crippen LogP contribution in [0.5, 0.6) is 0 Å². The minimum Gasteiger partial charge on any atom is -0.375 e. The van der Waals surface area contributed by atoms with Crippen molar-refractivity contribution in [2.75, 3.05) is 0 Å². The molecule has 0 atom stereocenters. The van der Waals surface area contributed by atoms with Gasteiger partial charge in [-0.25, -0.2) is 10.9 Å². The fourth-order valence-corrected chi connectivity index (χ4v) is 1.46. The number of rotatable bonds is 1. The Bertz CT molecular complexity index is 397. The molecule has 0 saturated carbocycles. The number of carbonyl (C=O) groups is 1. The van der Waals surface area contributed by atoms with Gasteiger partial charge in [-0.3, -0.25) is 4.79 Å². The second-order valence-electron chi connectivity index (χ2n) is 3.28. The highest BCUT2D eigenvalue weighted by molar-refractivity contribution is 7.80. The monoisotopic (exact) mass is 223 g/mol. The minimum atomic E-state index is -0.377. The van der Waals surface area contributed by atoms with Crippen molar-refractivity contribution in [3.63, 3.8) is 0 Å². The van der Waals surface area contributed by atoms with Crippen LogP contribution in [0.1, 0.15) is 21.5 Å². The third-order valence-electron chi connectivity index (χ3n) is 2.15. The molecule has 0 bridgehead atoms. The third kappa shape index (κ3) is 2.31. The number of aryl methyl sites for hydroxylation is 2. The molecule has 1 rings (SSSR count). The van der Waals surface area contributed by atoms with Crippen LogP contribution in [0.4, 0.5) is 0 Å². The zero-order valence-corrected chi connectivity index (χ0v) is 9.47. The molecule has 0 radical (unpaired) electrons. The molecule has 15 heavy (non-hydrogen) atoms. The number of thiocarbonyl (C=S) groups is 1. The summed E-state index contributed by atoms with van der Waals surface area (Å²) in [6.07, 6.45) is 0. The van der Waals surface area contributed by atoms with Crippen molar-refractivity contribution in [2.24, 2.45) is 11.6 Å². The van der Waals surface area contributed by atoms with Crippen molar-refractivity contribution < 1.29 is 4.79 Å². The normalized spacial score (nSPS) is 9.80. The molecule has 0 aliphatic rings. The van der Waals surface area contributed by atoms with E-state index in [1.165, 1.54) is 0 Å². The third-order valence-corrected chi connectivity index (χ3v) is 2.35. The van der Waals surface area contributed by atoms with E-state index >= 15 is 0 Å². The Morgan fingerprint density at radius 3 is 2.20 bits per heavy atom. The molecule has 0 saturated heterocycles. The Balaban J connectivity index is 3.17. The van der Waals surface area contributed by atoms with Crippen molar-refractivity contribution in [1.82, 2.24) is 5.01 Å². The molecule has 5 heteroatoms. The van der Waals surface area contributed by atoms with Gasteiger partial charge >= 0.3 is 0 Å². The van der Waals surface area contributed by atoms with Gasteiger partial charge in [-0.1, -0.05) is 18.2 Å². The Hall–Kier alpha value is -1.46. The van der Waals surface area contributed by atoms with Crippen molar-refractivity contribution >= 4 is 23.2 Å². The van der Waals surface area contributed by atoms with E-state index in [9.17, 15) is 4.79 Å². The number of hydrogen-bond acceptors (Lipinski definition) is 3. The van der Waals surface area contributed by atoms with Crippen molar-refractivity contribution in [3.8, 4) is 0 Å². The molecule has 0 aliphatic heterocycles. The molecule has 1 amide bonds. The largest absolute Gasteiger partial charge is 0.375 e. The van der Waals surface area contributed by atoms with Crippen molar-refractivity contribution in [3.05, 3.63) is 34.9 Å². The zero-order chi connectivity index (χ0) is 11.6. The van der Waals surface area contributed by atoms with Crippen molar-refractivity contribution in [1.29, 1.82) is 0 Å². The van der Waals surface area contributed by atoms with Gasteiger partial charge in [-0.05, 0) is 37.2 Å². The van der Waals surface area contributed by atoms with E-state index in [2.05, 4.69) is 12.2 Å². The fourth-order valence-electron chi connectivity index (χ4n) is 1.37. The summed E-state index contributed by atoms with van der Waals surface area (Å²) >= 11 is 4.64. The van der Waals surface area contributed by atoms with Crippen LogP contribution >= 0.6 is 12.2 Å². The molecule has 0 aliphatic carbocycles. The van der Waals surface area contributed by atoms with E-state index in [4.69, 9.17) is 11.6 Å². The summed E-state index contributed by atoms with van der Waals surface area (Å²) < 4.78 is 0. The van der Waals surface area contributed by atoms with E-state index < -0.39 is 0 Å². The molecule has 0 fully saturated rings. The second-order valence-corrected chi connectivity index (χ2v) is 3.70. The topological polar surface area (TPSA) is 72.3 Å². The molecule has 0 aromatic heterocycles. The number of hydrazine groups is 1. The molecule has 0 unspecified atom stereocenters. The highest BCUT2D eigenvalue weighted by Gasteiger charge is 2.18. The maximum atomic E-state index is 11.9. The van der Waals surface area contributed by atoms with Crippen LogP contribution in [-0.4, -0.2) is 16.0 Å². The first-order valence-corrected chi connectivity index (χ1v) is 4.80. The molecule has 1 aromatic carbocycles. The quantitative estimate of drug-likeness (QED) is 0.320. The van der Waals surface area contributed by atoms with Crippen LogP contribution in [0.15, 0.2) is 18.2 Å². The summed E-state index contributed by atoms with van der Waals surface area (Å²) in [5.74, 6) is 5.07. The highest BCUT2D eigenvalue weighted by Crippen LogP contribution is 2.14. The number of nitrogens with two attached hydrogens (primary N) is 2. The number of carbonyl (C=O) groups excluding carboxylic acids is 1. The summed E-state index contributed by atoms with van der Waals surface area (Å²) in [5.41, 5.74) is 7.54. The van der Waals surface area contributed by atoms with Gasteiger partial charge in [0.15, 0.2) is 5.11 Å². The molecule has 4 N–H and O–H groups in total. The molecule has 4 nitrogen and oxygen atoms in total. The van der Waals surface area contributed by atoms with Crippen LogP contribution in [0.2, 0.25) is 0 Å². The lowest BCUT2D eigenvalue weighted by molar-refractivity contribution is 0.0847. The van der Waals surface area contributed by atoms with Crippen LogP contribution in [0.3, 0.4) is 0 Å². The lowest BCUT2D eigenvalue weighted by Gasteiger charge is -2.16.